The Morgan fingerprint density at radius 3 is 2.57 bits per heavy atom. The molecule has 1 aliphatic heterocycles. The van der Waals surface area contributed by atoms with Crippen LogP contribution in [-0.4, -0.2) is 30.1 Å². The molecule has 0 spiro atoms. The van der Waals surface area contributed by atoms with Crippen molar-refractivity contribution in [3.8, 4) is 0 Å². The molecule has 0 saturated carbocycles. The maximum atomic E-state index is 12.6. The van der Waals surface area contributed by atoms with Gasteiger partial charge in [-0.2, -0.15) is 0 Å². The Labute approximate surface area is 178 Å². The third-order valence-electron chi connectivity index (χ3n) is 4.40. The summed E-state index contributed by atoms with van der Waals surface area (Å²) in [7, 11) is 0. The number of nitrogens with zero attached hydrogens (tertiary/aromatic N) is 1. The highest BCUT2D eigenvalue weighted by Gasteiger charge is 2.26. The van der Waals surface area contributed by atoms with Crippen molar-refractivity contribution in [1.29, 1.82) is 0 Å². The molecule has 0 aliphatic carbocycles. The van der Waals surface area contributed by atoms with E-state index in [2.05, 4.69) is 15.6 Å². The first-order chi connectivity index (χ1) is 14.4. The van der Waals surface area contributed by atoms with E-state index in [1.807, 2.05) is 31.2 Å². The molecule has 0 radical (unpaired) electrons. The summed E-state index contributed by atoms with van der Waals surface area (Å²) in [5, 5.41) is 5.84. The molecule has 1 aliphatic rings. The lowest BCUT2D eigenvalue weighted by molar-refractivity contribution is -0.137. The molecule has 7 nitrogen and oxygen atoms in total. The summed E-state index contributed by atoms with van der Waals surface area (Å²) in [6.07, 6.45) is 0.0599. The Morgan fingerprint density at radius 2 is 1.87 bits per heavy atom. The molecular weight excluding hydrogens is 402 g/mol. The molecular formula is C22H23N3O4S. The van der Waals surface area contributed by atoms with E-state index in [4.69, 9.17) is 4.74 Å². The fraction of sp³-hybridized carbons (Fsp3) is 0.273. The summed E-state index contributed by atoms with van der Waals surface area (Å²) in [4.78, 5) is 43.6. The minimum atomic E-state index is -0.584. The highest BCUT2D eigenvalue weighted by Crippen LogP contribution is 2.30. The number of ketones is 1. The molecule has 8 heteroatoms. The number of carbonyl (C=O) groups is 3. The molecule has 2 aromatic rings. The van der Waals surface area contributed by atoms with Gasteiger partial charge in [0.05, 0.1) is 22.9 Å². The van der Waals surface area contributed by atoms with Crippen LogP contribution in [0.3, 0.4) is 0 Å². The quantitative estimate of drug-likeness (QED) is 0.536. The minimum Gasteiger partial charge on any atom is -0.462 e. The SMILES string of the molecule is CCOC(=O)C1=C(C)Nc2ccccc2N=C1NC(=O)CCC(=O)c1ccc(C)s1. The van der Waals surface area contributed by atoms with Crippen molar-refractivity contribution >= 4 is 46.2 Å². The predicted molar refractivity (Wildman–Crippen MR) is 117 cm³/mol. The topological polar surface area (TPSA) is 96.9 Å². The van der Waals surface area contributed by atoms with Crippen molar-refractivity contribution in [2.45, 2.75) is 33.6 Å². The second kappa shape index (κ2) is 9.49. The van der Waals surface area contributed by atoms with Crippen LogP contribution in [0.1, 0.15) is 41.2 Å². The number of nitrogens with one attached hydrogen (secondary N) is 2. The number of fused-ring (bicyclic) bond motifs is 1. The highest BCUT2D eigenvalue weighted by molar-refractivity contribution is 7.14. The van der Waals surface area contributed by atoms with E-state index in [0.29, 0.717) is 21.9 Å². The number of aryl methyl sites for hydroxylation is 1. The molecule has 0 unspecified atom stereocenters. The molecule has 1 aromatic carbocycles. The van der Waals surface area contributed by atoms with E-state index in [-0.39, 0.29) is 36.6 Å². The first-order valence-electron chi connectivity index (χ1n) is 9.61. The fourth-order valence-corrected chi connectivity index (χ4v) is 3.80. The Balaban J connectivity index is 1.80. The van der Waals surface area contributed by atoms with Crippen LogP contribution in [0.15, 0.2) is 52.7 Å². The van der Waals surface area contributed by atoms with Gasteiger partial charge in [-0.25, -0.2) is 9.79 Å². The summed E-state index contributed by atoms with van der Waals surface area (Å²) < 4.78 is 5.15. The number of rotatable bonds is 6. The lowest BCUT2D eigenvalue weighted by Crippen LogP contribution is -2.35. The number of carbonyl (C=O) groups excluding carboxylic acids is 3. The van der Waals surface area contributed by atoms with E-state index < -0.39 is 11.9 Å². The number of anilines is 1. The molecule has 0 saturated heterocycles. The third kappa shape index (κ3) is 5.01. The van der Waals surface area contributed by atoms with Crippen LogP contribution in [0.2, 0.25) is 0 Å². The first-order valence-corrected chi connectivity index (χ1v) is 10.4. The monoisotopic (exact) mass is 425 g/mol. The van der Waals surface area contributed by atoms with Gasteiger partial charge in [0.1, 0.15) is 11.4 Å². The zero-order chi connectivity index (χ0) is 21.7. The van der Waals surface area contributed by atoms with Crippen molar-refractivity contribution in [2.75, 3.05) is 11.9 Å². The molecule has 3 rings (SSSR count). The molecule has 2 heterocycles. The molecule has 2 N–H and O–H groups in total. The zero-order valence-corrected chi connectivity index (χ0v) is 17.9. The summed E-state index contributed by atoms with van der Waals surface area (Å²) >= 11 is 1.41. The molecule has 0 fully saturated rings. The molecule has 1 amide bonds. The fourth-order valence-electron chi connectivity index (χ4n) is 2.97. The van der Waals surface area contributed by atoms with Crippen LogP contribution in [0, 0.1) is 6.92 Å². The van der Waals surface area contributed by atoms with Gasteiger partial charge in [-0.3, -0.25) is 9.59 Å². The van der Waals surface area contributed by atoms with E-state index in [9.17, 15) is 14.4 Å². The van der Waals surface area contributed by atoms with Gasteiger partial charge in [0, 0.05) is 23.4 Å². The summed E-state index contributed by atoms with van der Waals surface area (Å²) in [6.45, 7) is 5.55. The molecule has 0 atom stereocenters. The molecule has 156 valence electrons. The van der Waals surface area contributed by atoms with Gasteiger partial charge in [-0.05, 0) is 45.0 Å². The lowest BCUT2D eigenvalue weighted by atomic mass is 10.1. The number of esters is 1. The Hall–Kier alpha value is -3.26. The average Bonchev–Trinajstić information content (AvgIpc) is 3.08. The van der Waals surface area contributed by atoms with Crippen LogP contribution < -0.4 is 10.6 Å². The normalized spacial score (nSPS) is 13.0. The number of para-hydroxylation sites is 2. The van der Waals surface area contributed by atoms with Gasteiger partial charge in [-0.1, -0.05) is 12.1 Å². The van der Waals surface area contributed by atoms with Crippen LogP contribution in [0.4, 0.5) is 11.4 Å². The number of ether oxygens (including phenoxy) is 1. The smallest absolute Gasteiger partial charge is 0.343 e. The number of Topliss-reactive ketones (excluding diaryl/α,β-unsaturated/α-hetero) is 1. The standard InChI is InChI=1S/C22H23N3O4S/c1-4-29-22(28)20-14(3)23-15-7-5-6-8-16(15)24-21(20)25-19(27)12-10-17(26)18-11-9-13(2)30-18/h5-9,11,23H,4,10,12H2,1-3H3,(H,24,25,27). The second-order valence-electron chi connectivity index (χ2n) is 6.70. The number of hydrogen-bond acceptors (Lipinski definition) is 7. The van der Waals surface area contributed by atoms with E-state index in [0.717, 1.165) is 4.88 Å². The van der Waals surface area contributed by atoms with Crippen molar-refractivity contribution in [3.05, 3.63) is 57.4 Å². The Kier molecular flexibility index (Phi) is 6.79. The number of thiophene rings is 1. The Morgan fingerprint density at radius 1 is 1.10 bits per heavy atom. The van der Waals surface area contributed by atoms with E-state index in [1.165, 1.54) is 11.3 Å². The third-order valence-corrected chi connectivity index (χ3v) is 5.44. The van der Waals surface area contributed by atoms with Gasteiger partial charge in [0.25, 0.3) is 0 Å². The van der Waals surface area contributed by atoms with Crippen molar-refractivity contribution in [1.82, 2.24) is 5.32 Å². The number of amides is 1. The van der Waals surface area contributed by atoms with Crippen LogP contribution in [0.25, 0.3) is 0 Å². The summed E-state index contributed by atoms with van der Waals surface area (Å²) in [5.74, 6) is -0.966. The number of amidine groups is 1. The summed E-state index contributed by atoms with van der Waals surface area (Å²) in [6, 6.07) is 10.9. The second-order valence-corrected chi connectivity index (χ2v) is 7.99. The highest BCUT2D eigenvalue weighted by atomic mass is 32.1. The average molecular weight is 426 g/mol. The van der Waals surface area contributed by atoms with Gasteiger partial charge in [0.15, 0.2) is 5.78 Å². The first kappa shape index (κ1) is 21.4. The number of allylic oxidation sites excluding steroid dienone is 1. The largest absolute Gasteiger partial charge is 0.462 e. The van der Waals surface area contributed by atoms with Gasteiger partial charge < -0.3 is 15.4 Å². The Bertz CT molecular complexity index is 1050. The number of benzene rings is 1. The summed E-state index contributed by atoms with van der Waals surface area (Å²) in [5.41, 5.74) is 1.96. The van der Waals surface area contributed by atoms with E-state index in [1.54, 1.807) is 26.0 Å². The van der Waals surface area contributed by atoms with Gasteiger partial charge >= 0.3 is 5.97 Å². The number of aliphatic imine (C=N–C) groups is 1. The van der Waals surface area contributed by atoms with Crippen molar-refractivity contribution in [2.24, 2.45) is 4.99 Å². The van der Waals surface area contributed by atoms with Crippen LogP contribution >= 0.6 is 11.3 Å². The number of hydrogen-bond donors (Lipinski definition) is 2. The van der Waals surface area contributed by atoms with E-state index >= 15 is 0 Å². The van der Waals surface area contributed by atoms with Crippen LogP contribution in [0.5, 0.6) is 0 Å². The maximum absolute atomic E-state index is 12.6. The van der Waals surface area contributed by atoms with Crippen LogP contribution in [-0.2, 0) is 14.3 Å². The maximum Gasteiger partial charge on any atom is 0.343 e. The zero-order valence-electron chi connectivity index (χ0n) is 17.1. The predicted octanol–water partition coefficient (Wildman–Crippen LogP) is 4.13. The minimum absolute atomic E-state index is 0.0149. The van der Waals surface area contributed by atoms with Gasteiger partial charge in [0.2, 0.25) is 5.91 Å². The lowest BCUT2D eigenvalue weighted by Gasteiger charge is -2.13. The molecule has 30 heavy (non-hydrogen) atoms. The van der Waals surface area contributed by atoms with Crippen molar-refractivity contribution < 1.29 is 19.1 Å². The molecule has 1 aromatic heterocycles. The molecule has 0 bridgehead atoms. The van der Waals surface area contributed by atoms with Crippen molar-refractivity contribution in [3.63, 3.8) is 0 Å². The van der Waals surface area contributed by atoms with Gasteiger partial charge in [-0.15, -0.1) is 11.3 Å².